The quantitative estimate of drug-likeness (QED) is 0.608. The maximum absolute atomic E-state index is 10.9. The number of ether oxygens (including phenoxy) is 2. The molecule has 0 spiro atoms. The second-order valence-corrected chi connectivity index (χ2v) is 3.56. The van der Waals surface area contributed by atoms with Crippen LogP contribution in [0.15, 0.2) is 0 Å². The first-order valence-corrected chi connectivity index (χ1v) is 5.07. The average molecular weight is 234 g/mol. The number of hydrogen-bond donors (Lipinski definition) is 2. The van der Waals surface area contributed by atoms with Crippen LogP contribution in [-0.4, -0.2) is 47.1 Å². The van der Waals surface area contributed by atoms with E-state index in [9.17, 15) is 9.59 Å². The lowest BCUT2D eigenvalue weighted by Crippen LogP contribution is -2.26. The van der Waals surface area contributed by atoms with Crippen molar-refractivity contribution in [1.29, 1.82) is 0 Å². The molecule has 3 atom stereocenters. The van der Waals surface area contributed by atoms with Gasteiger partial charge in [0.15, 0.2) is 0 Å². The highest BCUT2D eigenvalue weighted by Crippen LogP contribution is 2.01. The molecule has 0 aromatic heterocycles. The number of rotatable bonds is 6. The van der Waals surface area contributed by atoms with E-state index >= 15 is 0 Å². The first-order valence-electron chi connectivity index (χ1n) is 5.07. The molecule has 0 bridgehead atoms. The number of esters is 2. The van der Waals surface area contributed by atoms with E-state index in [4.69, 9.17) is 14.9 Å². The second-order valence-electron chi connectivity index (χ2n) is 3.56. The molecule has 16 heavy (non-hydrogen) atoms. The zero-order valence-electron chi connectivity index (χ0n) is 9.67. The van der Waals surface area contributed by atoms with Crippen LogP contribution in [0, 0.1) is 0 Å². The molecule has 0 aliphatic heterocycles. The van der Waals surface area contributed by atoms with Gasteiger partial charge in [-0.3, -0.25) is 0 Å². The van der Waals surface area contributed by atoms with Crippen molar-refractivity contribution in [3.05, 3.63) is 0 Å². The van der Waals surface area contributed by atoms with Gasteiger partial charge in [0.05, 0.1) is 6.61 Å². The number of carbonyl (C=O) groups is 2. The van der Waals surface area contributed by atoms with E-state index in [-0.39, 0.29) is 6.61 Å². The van der Waals surface area contributed by atoms with E-state index in [1.807, 2.05) is 0 Å². The molecule has 6 heteroatoms. The van der Waals surface area contributed by atoms with Crippen LogP contribution in [0.25, 0.3) is 0 Å². The molecule has 0 rings (SSSR count). The number of aliphatic hydroxyl groups excluding tert-OH is 2. The van der Waals surface area contributed by atoms with Gasteiger partial charge in [-0.15, -0.1) is 0 Å². The third-order valence-corrected chi connectivity index (χ3v) is 1.77. The van der Waals surface area contributed by atoms with E-state index < -0.39 is 30.3 Å². The summed E-state index contributed by atoms with van der Waals surface area (Å²) < 4.78 is 9.48. The molecule has 0 fully saturated rings. The Bertz CT molecular complexity index is 235. The van der Waals surface area contributed by atoms with Gasteiger partial charge in [0, 0.05) is 6.42 Å². The fraction of sp³-hybridized carbons (Fsp3) is 0.800. The monoisotopic (exact) mass is 234 g/mol. The molecule has 0 aliphatic rings. The number of carbonyl (C=O) groups excluding carboxylic acids is 2. The summed E-state index contributed by atoms with van der Waals surface area (Å²) in [7, 11) is 0. The van der Waals surface area contributed by atoms with Crippen LogP contribution in [-0.2, 0) is 19.1 Å². The molecule has 2 N–H and O–H groups in total. The normalized spacial score (nSPS) is 16.1. The van der Waals surface area contributed by atoms with E-state index in [2.05, 4.69) is 4.74 Å². The van der Waals surface area contributed by atoms with Gasteiger partial charge in [-0.05, 0) is 20.8 Å². The molecule has 0 saturated heterocycles. The predicted octanol–water partition coefficient (Wildman–Crippen LogP) is -0.387. The minimum atomic E-state index is -1.16. The van der Waals surface area contributed by atoms with Crippen molar-refractivity contribution in [3.8, 4) is 0 Å². The molecule has 1 unspecified atom stereocenters. The van der Waals surface area contributed by atoms with Gasteiger partial charge >= 0.3 is 11.9 Å². The molecule has 94 valence electrons. The van der Waals surface area contributed by atoms with Crippen LogP contribution in [0.3, 0.4) is 0 Å². The van der Waals surface area contributed by atoms with Crippen LogP contribution in [0.1, 0.15) is 27.2 Å². The van der Waals surface area contributed by atoms with Crippen molar-refractivity contribution in [3.63, 3.8) is 0 Å². The highest BCUT2D eigenvalue weighted by atomic mass is 16.6. The van der Waals surface area contributed by atoms with Crippen molar-refractivity contribution in [2.24, 2.45) is 0 Å². The zero-order valence-corrected chi connectivity index (χ0v) is 9.67. The van der Waals surface area contributed by atoms with Crippen LogP contribution in [0.4, 0.5) is 0 Å². The summed E-state index contributed by atoms with van der Waals surface area (Å²) in [6, 6.07) is 0. The van der Waals surface area contributed by atoms with Crippen molar-refractivity contribution < 1.29 is 29.3 Å². The third kappa shape index (κ3) is 6.36. The highest BCUT2D eigenvalue weighted by Gasteiger charge is 2.15. The van der Waals surface area contributed by atoms with Crippen LogP contribution in [0.5, 0.6) is 0 Å². The standard InChI is InChI=1S/C10H18O6/c1-6(16-10(14)8(3)12)4-5-15-9(13)7(2)11/h6-8,11-12H,4-5H2,1-3H3/t6-,7+,8?/m1/s1. The van der Waals surface area contributed by atoms with Gasteiger partial charge in [0.25, 0.3) is 0 Å². The van der Waals surface area contributed by atoms with Gasteiger partial charge in [-0.2, -0.15) is 0 Å². The van der Waals surface area contributed by atoms with Crippen molar-refractivity contribution in [2.45, 2.75) is 45.5 Å². The zero-order chi connectivity index (χ0) is 12.7. The Hall–Kier alpha value is -1.14. The summed E-state index contributed by atoms with van der Waals surface area (Å²) in [5.74, 6) is -1.43. The van der Waals surface area contributed by atoms with Crippen molar-refractivity contribution >= 4 is 11.9 Å². The lowest BCUT2D eigenvalue weighted by molar-refractivity contribution is -0.159. The molecule has 0 aliphatic carbocycles. The summed E-state index contributed by atoms with van der Waals surface area (Å²) in [6.07, 6.45) is -2.46. The van der Waals surface area contributed by atoms with Crippen LogP contribution in [0.2, 0.25) is 0 Å². The number of hydrogen-bond acceptors (Lipinski definition) is 6. The van der Waals surface area contributed by atoms with Gasteiger partial charge in [0.2, 0.25) is 0 Å². The lowest BCUT2D eigenvalue weighted by Gasteiger charge is -2.14. The Labute approximate surface area is 94.2 Å². The van der Waals surface area contributed by atoms with Crippen LogP contribution < -0.4 is 0 Å². The fourth-order valence-electron chi connectivity index (χ4n) is 0.802. The topological polar surface area (TPSA) is 93.1 Å². The van der Waals surface area contributed by atoms with Gasteiger partial charge in [0.1, 0.15) is 18.3 Å². The summed E-state index contributed by atoms with van der Waals surface area (Å²) >= 11 is 0. The molecule has 0 radical (unpaired) electrons. The largest absolute Gasteiger partial charge is 0.464 e. The second kappa shape index (κ2) is 7.19. The molecule has 0 saturated carbocycles. The summed E-state index contributed by atoms with van der Waals surface area (Å²) in [5.41, 5.74) is 0. The van der Waals surface area contributed by atoms with Gasteiger partial charge in [-0.1, -0.05) is 0 Å². The Kier molecular flexibility index (Phi) is 6.67. The number of aliphatic hydroxyl groups is 2. The molecule has 6 nitrogen and oxygen atoms in total. The van der Waals surface area contributed by atoms with Gasteiger partial charge in [-0.25, -0.2) is 9.59 Å². The first kappa shape index (κ1) is 14.9. The molecular weight excluding hydrogens is 216 g/mol. The van der Waals surface area contributed by atoms with Gasteiger partial charge < -0.3 is 19.7 Å². The predicted molar refractivity (Wildman–Crippen MR) is 54.5 cm³/mol. The Morgan fingerprint density at radius 1 is 1.06 bits per heavy atom. The first-order chi connectivity index (χ1) is 7.34. The van der Waals surface area contributed by atoms with E-state index in [1.165, 1.54) is 13.8 Å². The molecular formula is C10H18O6. The average Bonchev–Trinajstić information content (AvgIpc) is 2.16. The molecule has 0 aromatic rings. The van der Waals surface area contributed by atoms with E-state index in [0.717, 1.165) is 0 Å². The fourth-order valence-corrected chi connectivity index (χ4v) is 0.802. The SMILES string of the molecule is CC(O)C(=O)O[C@H](C)CCOC(=O)[C@H](C)O. The lowest BCUT2D eigenvalue weighted by atomic mass is 10.3. The molecule has 0 heterocycles. The van der Waals surface area contributed by atoms with E-state index in [0.29, 0.717) is 6.42 Å². The van der Waals surface area contributed by atoms with Crippen molar-refractivity contribution in [2.75, 3.05) is 6.61 Å². The molecule has 0 amide bonds. The Balaban J connectivity index is 3.70. The van der Waals surface area contributed by atoms with Crippen molar-refractivity contribution in [1.82, 2.24) is 0 Å². The van der Waals surface area contributed by atoms with Crippen LogP contribution >= 0.6 is 0 Å². The minimum absolute atomic E-state index is 0.0536. The molecule has 0 aromatic carbocycles. The maximum Gasteiger partial charge on any atom is 0.334 e. The summed E-state index contributed by atoms with van der Waals surface area (Å²) in [6.45, 7) is 4.29. The Morgan fingerprint density at radius 3 is 2.00 bits per heavy atom. The smallest absolute Gasteiger partial charge is 0.334 e. The maximum atomic E-state index is 10.9. The third-order valence-electron chi connectivity index (χ3n) is 1.77. The van der Waals surface area contributed by atoms with E-state index in [1.54, 1.807) is 6.92 Å². The Morgan fingerprint density at radius 2 is 1.56 bits per heavy atom. The highest BCUT2D eigenvalue weighted by molar-refractivity contribution is 5.74. The minimum Gasteiger partial charge on any atom is -0.464 e. The summed E-state index contributed by atoms with van der Waals surface area (Å²) in [4.78, 5) is 21.8. The summed E-state index contributed by atoms with van der Waals surface area (Å²) in [5, 5.41) is 17.7.